The summed E-state index contributed by atoms with van der Waals surface area (Å²) in [4.78, 5) is 11.4. The standard InChI is InChI=1S/C16H21N3O2/c1-10(2)7-8-19-15(14(16(20)21)17-18-19)13-6-5-11(3)12(4)9-13/h5-6,9-10H,7-8H2,1-4H3,(H,20,21). The molecule has 0 amide bonds. The van der Waals surface area contributed by atoms with Crippen molar-refractivity contribution in [1.29, 1.82) is 0 Å². The topological polar surface area (TPSA) is 68.0 Å². The van der Waals surface area contributed by atoms with Crippen molar-refractivity contribution in [2.45, 2.75) is 40.7 Å². The van der Waals surface area contributed by atoms with Crippen LogP contribution in [0.5, 0.6) is 0 Å². The van der Waals surface area contributed by atoms with Gasteiger partial charge in [0.25, 0.3) is 0 Å². The van der Waals surface area contributed by atoms with Crippen LogP contribution in [0.3, 0.4) is 0 Å². The monoisotopic (exact) mass is 287 g/mol. The Bertz CT molecular complexity index is 660. The number of nitrogens with zero attached hydrogens (tertiary/aromatic N) is 3. The number of hydrogen-bond acceptors (Lipinski definition) is 3. The zero-order chi connectivity index (χ0) is 15.6. The lowest BCUT2D eigenvalue weighted by atomic mass is 10.0. The molecule has 0 radical (unpaired) electrons. The van der Waals surface area contributed by atoms with E-state index in [2.05, 4.69) is 24.2 Å². The molecular formula is C16H21N3O2. The minimum atomic E-state index is -1.04. The molecule has 0 bridgehead atoms. The van der Waals surface area contributed by atoms with Gasteiger partial charge in [0.15, 0.2) is 5.69 Å². The predicted octanol–water partition coefficient (Wildman–Crippen LogP) is 3.31. The third kappa shape index (κ3) is 3.29. The Morgan fingerprint density at radius 2 is 2.00 bits per heavy atom. The van der Waals surface area contributed by atoms with Gasteiger partial charge in [-0.2, -0.15) is 0 Å². The van der Waals surface area contributed by atoms with Gasteiger partial charge in [-0.05, 0) is 43.4 Å². The van der Waals surface area contributed by atoms with E-state index in [4.69, 9.17) is 0 Å². The summed E-state index contributed by atoms with van der Waals surface area (Å²) >= 11 is 0. The number of carboxylic acids is 1. The third-order valence-electron chi connectivity index (χ3n) is 3.64. The van der Waals surface area contributed by atoms with E-state index in [1.54, 1.807) is 4.68 Å². The molecule has 21 heavy (non-hydrogen) atoms. The van der Waals surface area contributed by atoms with Crippen LogP contribution >= 0.6 is 0 Å². The fourth-order valence-electron chi connectivity index (χ4n) is 2.17. The lowest BCUT2D eigenvalue weighted by Gasteiger charge is -2.10. The van der Waals surface area contributed by atoms with Gasteiger partial charge in [0, 0.05) is 12.1 Å². The molecule has 0 spiro atoms. The minimum Gasteiger partial charge on any atom is -0.476 e. The molecule has 0 saturated carbocycles. The molecule has 2 rings (SSSR count). The van der Waals surface area contributed by atoms with E-state index in [9.17, 15) is 9.90 Å². The summed E-state index contributed by atoms with van der Waals surface area (Å²) in [7, 11) is 0. The third-order valence-corrected chi connectivity index (χ3v) is 3.64. The van der Waals surface area contributed by atoms with Crippen molar-refractivity contribution in [2.24, 2.45) is 5.92 Å². The van der Waals surface area contributed by atoms with Crippen molar-refractivity contribution in [2.75, 3.05) is 0 Å². The van der Waals surface area contributed by atoms with Gasteiger partial charge in [-0.25, -0.2) is 9.48 Å². The van der Waals surface area contributed by atoms with E-state index < -0.39 is 5.97 Å². The van der Waals surface area contributed by atoms with Crippen molar-refractivity contribution in [1.82, 2.24) is 15.0 Å². The van der Waals surface area contributed by atoms with Crippen LogP contribution in [-0.2, 0) is 6.54 Å². The number of hydrogen-bond donors (Lipinski definition) is 1. The van der Waals surface area contributed by atoms with Gasteiger partial charge in [0.1, 0.15) is 5.69 Å². The first-order valence-electron chi connectivity index (χ1n) is 7.14. The molecular weight excluding hydrogens is 266 g/mol. The van der Waals surface area contributed by atoms with Gasteiger partial charge in [-0.15, -0.1) is 5.10 Å². The molecule has 0 aliphatic rings. The Hall–Kier alpha value is -2.17. The fraction of sp³-hybridized carbons (Fsp3) is 0.438. The van der Waals surface area contributed by atoms with Crippen molar-refractivity contribution >= 4 is 5.97 Å². The molecule has 1 aromatic carbocycles. The summed E-state index contributed by atoms with van der Waals surface area (Å²) in [5.74, 6) is -0.519. The maximum absolute atomic E-state index is 11.4. The first-order valence-corrected chi connectivity index (χ1v) is 7.14. The Morgan fingerprint density at radius 1 is 1.29 bits per heavy atom. The number of aryl methyl sites for hydroxylation is 3. The fourth-order valence-corrected chi connectivity index (χ4v) is 2.17. The van der Waals surface area contributed by atoms with Gasteiger partial charge >= 0.3 is 5.97 Å². The van der Waals surface area contributed by atoms with Crippen LogP contribution in [0.4, 0.5) is 0 Å². The number of carbonyl (C=O) groups is 1. The molecule has 1 N–H and O–H groups in total. The Morgan fingerprint density at radius 3 is 2.57 bits per heavy atom. The van der Waals surface area contributed by atoms with E-state index in [0.717, 1.165) is 17.5 Å². The number of aromatic carboxylic acids is 1. The normalized spacial score (nSPS) is 11.1. The second-order valence-electron chi connectivity index (χ2n) is 5.80. The molecule has 0 atom stereocenters. The number of benzene rings is 1. The number of aromatic nitrogens is 3. The van der Waals surface area contributed by atoms with Gasteiger partial charge in [-0.3, -0.25) is 0 Å². The zero-order valence-electron chi connectivity index (χ0n) is 12.9. The van der Waals surface area contributed by atoms with E-state index in [0.29, 0.717) is 18.2 Å². The SMILES string of the molecule is Cc1ccc(-c2c(C(=O)O)nnn2CCC(C)C)cc1C. The molecule has 112 valence electrons. The zero-order valence-corrected chi connectivity index (χ0v) is 12.9. The summed E-state index contributed by atoms with van der Waals surface area (Å²) in [6, 6.07) is 5.92. The van der Waals surface area contributed by atoms with E-state index >= 15 is 0 Å². The largest absolute Gasteiger partial charge is 0.476 e. The summed E-state index contributed by atoms with van der Waals surface area (Å²) in [6.07, 6.45) is 0.931. The molecule has 0 aliphatic carbocycles. The van der Waals surface area contributed by atoms with Crippen molar-refractivity contribution in [3.63, 3.8) is 0 Å². The Kier molecular flexibility index (Phi) is 4.40. The van der Waals surface area contributed by atoms with Crippen molar-refractivity contribution in [3.05, 3.63) is 35.0 Å². The second-order valence-corrected chi connectivity index (χ2v) is 5.80. The summed E-state index contributed by atoms with van der Waals surface area (Å²) in [5.41, 5.74) is 3.76. The Labute approximate surface area is 124 Å². The highest BCUT2D eigenvalue weighted by molar-refractivity contribution is 5.92. The molecule has 0 aliphatic heterocycles. The smallest absolute Gasteiger partial charge is 0.358 e. The highest BCUT2D eigenvalue weighted by Crippen LogP contribution is 2.25. The molecule has 0 unspecified atom stereocenters. The first kappa shape index (κ1) is 15.2. The molecule has 1 aromatic heterocycles. The highest BCUT2D eigenvalue weighted by atomic mass is 16.4. The lowest BCUT2D eigenvalue weighted by molar-refractivity contribution is 0.0691. The van der Waals surface area contributed by atoms with Gasteiger partial charge in [0.2, 0.25) is 0 Å². The molecule has 0 saturated heterocycles. The maximum atomic E-state index is 11.4. The van der Waals surface area contributed by atoms with Gasteiger partial charge < -0.3 is 5.11 Å². The average molecular weight is 287 g/mol. The van der Waals surface area contributed by atoms with Crippen LogP contribution in [0.1, 0.15) is 41.9 Å². The maximum Gasteiger partial charge on any atom is 0.358 e. The number of rotatable bonds is 5. The molecule has 5 heteroatoms. The average Bonchev–Trinajstić information content (AvgIpc) is 2.83. The van der Waals surface area contributed by atoms with Crippen LogP contribution in [0.15, 0.2) is 18.2 Å². The van der Waals surface area contributed by atoms with E-state index in [-0.39, 0.29) is 5.69 Å². The van der Waals surface area contributed by atoms with Crippen LogP contribution in [-0.4, -0.2) is 26.1 Å². The first-order chi connectivity index (χ1) is 9.90. The predicted molar refractivity (Wildman–Crippen MR) is 81.3 cm³/mol. The van der Waals surface area contributed by atoms with Crippen molar-refractivity contribution < 1.29 is 9.90 Å². The molecule has 2 aromatic rings. The van der Waals surface area contributed by atoms with Crippen LogP contribution in [0.25, 0.3) is 11.3 Å². The molecule has 0 fully saturated rings. The summed E-state index contributed by atoms with van der Waals surface area (Å²) in [6.45, 7) is 8.97. The summed E-state index contributed by atoms with van der Waals surface area (Å²) in [5, 5.41) is 17.2. The van der Waals surface area contributed by atoms with Gasteiger partial charge in [-0.1, -0.05) is 31.2 Å². The van der Waals surface area contributed by atoms with E-state index in [1.165, 1.54) is 5.56 Å². The Balaban J connectivity index is 2.49. The van der Waals surface area contributed by atoms with Crippen LogP contribution in [0.2, 0.25) is 0 Å². The molecule has 5 nitrogen and oxygen atoms in total. The van der Waals surface area contributed by atoms with Gasteiger partial charge in [0.05, 0.1) is 0 Å². The van der Waals surface area contributed by atoms with E-state index in [1.807, 2.05) is 32.0 Å². The lowest BCUT2D eigenvalue weighted by Crippen LogP contribution is -2.07. The second kappa shape index (κ2) is 6.08. The van der Waals surface area contributed by atoms with Crippen LogP contribution in [0, 0.1) is 19.8 Å². The van der Waals surface area contributed by atoms with Crippen LogP contribution < -0.4 is 0 Å². The van der Waals surface area contributed by atoms with Crippen molar-refractivity contribution in [3.8, 4) is 11.3 Å². The quantitative estimate of drug-likeness (QED) is 0.916. The minimum absolute atomic E-state index is 0.0157. The highest BCUT2D eigenvalue weighted by Gasteiger charge is 2.20. The molecule has 1 heterocycles. The summed E-state index contributed by atoms with van der Waals surface area (Å²) < 4.78 is 1.70. The number of carboxylic acid groups (broad SMARTS) is 1.